The number of nitrogens with two attached hydrogens (primary N) is 2. The van der Waals surface area contributed by atoms with E-state index in [0.717, 1.165) is 11.3 Å². The maximum absolute atomic E-state index is 5.76. The van der Waals surface area contributed by atoms with Crippen LogP contribution < -0.4 is 16.2 Å². The van der Waals surface area contributed by atoms with Crippen LogP contribution in [0.3, 0.4) is 0 Å². The fourth-order valence-corrected chi connectivity index (χ4v) is 2.14. The average molecular weight is 264 g/mol. The van der Waals surface area contributed by atoms with E-state index in [9.17, 15) is 0 Å². The molecule has 0 amide bonds. The minimum absolute atomic E-state index is 0.508. The lowest BCUT2D eigenvalue weighted by Gasteiger charge is -2.09. The molecular weight excluding hydrogens is 248 g/mol. The minimum Gasteiger partial charge on any atom is -0.489 e. The van der Waals surface area contributed by atoms with E-state index in [1.165, 1.54) is 10.8 Å². The van der Waals surface area contributed by atoms with Gasteiger partial charge in [-0.2, -0.15) is 0 Å². The van der Waals surface area contributed by atoms with Gasteiger partial charge in [0, 0.05) is 6.07 Å². The Morgan fingerprint density at radius 3 is 2.35 bits per heavy atom. The van der Waals surface area contributed by atoms with Crippen LogP contribution in [0, 0.1) is 0 Å². The molecule has 3 heteroatoms. The molecule has 0 aromatic heterocycles. The van der Waals surface area contributed by atoms with Crippen LogP contribution in [0.5, 0.6) is 5.75 Å². The van der Waals surface area contributed by atoms with Crippen LogP contribution in [-0.4, -0.2) is 0 Å². The third-order valence-electron chi connectivity index (χ3n) is 3.28. The summed E-state index contributed by atoms with van der Waals surface area (Å²) < 4.78 is 5.74. The number of benzene rings is 3. The molecule has 0 bridgehead atoms. The van der Waals surface area contributed by atoms with Crippen LogP contribution in [-0.2, 0) is 6.61 Å². The first kappa shape index (κ1) is 12.4. The summed E-state index contributed by atoms with van der Waals surface area (Å²) in [6.07, 6.45) is 0. The van der Waals surface area contributed by atoms with Crippen molar-refractivity contribution in [1.29, 1.82) is 0 Å². The summed E-state index contributed by atoms with van der Waals surface area (Å²) in [5, 5.41) is 2.44. The van der Waals surface area contributed by atoms with Gasteiger partial charge in [-0.1, -0.05) is 36.4 Å². The molecule has 3 aromatic rings. The van der Waals surface area contributed by atoms with Crippen LogP contribution in [0.25, 0.3) is 10.8 Å². The van der Waals surface area contributed by atoms with Crippen molar-refractivity contribution in [1.82, 2.24) is 0 Å². The lowest BCUT2D eigenvalue weighted by molar-refractivity contribution is 0.306. The second-order valence-electron chi connectivity index (χ2n) is 4.76. The monoisotopic (exact) mass is 264 g/mol. The van der Waals surface area contributed by atoms with Gasteiger partial charge in [-0.15, -0.1) is 0 Å². The van der Waals surface area contributed by atoms with Crippen molar-refractivity contribution in [3.63, 3.8) is 0 Å². The van der Waals surface area contributed by atoms with Gasteiger partial charge in [-0.05, 0) is 34.5 Å². The van der Waals surface area contributed by atoms with E-state index in [-0.39, 0.29) is 0 Å². The van der Waals surface area contributed by atoms with Crippen LogP contribution in [0.2, 0.25) is 0 Å². The molecule has 0 saturated carbocycles. The highest BCUT2D eigenvalue weighted by molar-refractivity contribution is 5.82. The SMILES string of the molecule is Nc1ccc(OCc2ccc3ccccc3c2)cc1N. The summed E-state index contributed by atoms with van der Waals surface area (Å²) in [6, 6.07) is 19.9. The zero-order valence-electron chi connectivity index (χ0n) is 11.0. The standard InChI is InChI=1S/C17H16N2O/c18-16-8-7-15(10-17(16)19)20-11-12-5-6-13-3-1-2-4-14(13)9-12/h1-10H,11,18-19H2. The lowest BCUT2D eigenvalue weighted by Crippen LogP contribution is -1.98. The molecule has 4 N–H and O–H groups in total. The summed E-state index contributed by atoms with van der Waals surface area (Å²) >= 11 is 0. The lowest BCUT2D eigenvalue weighted by atomic mass is 10.1. The second kappa shape index (κ2) is 5.13. The van der Waals surface area contributed by atoms with E-state index in [1.807, 2.05) is 18.2 Å². The summed E-state index contributed by atoms with van der Waals surface area (Å²) in [5.41, 5.74) is 13.7. The van der Waals surface area contributed by atoms with Gasteiger partial charge in [0.1, 0.15) is 12.4 Å². The number of hydrogen-bond acceptors (Lipinski definition) is 3. The Balaban J connectivity index is 1.77. The molecule has 0 saturated heterocycles. The topological polar surface area (TPSA) is 61.3 Å². The largest absolute Gasteiger partial charge is 0.489 e. The molecule has 0 radical (unpaired) electrons. The Morgan fingerprint density at radius 2 is 1.55 bits per heavy atom. The maximum atomic E-state index is 5.76. The van der Waals surface area contributed by atoms with Crippen molar-refractivity contribution in [2.75, 3.05) is 11.5 Å². The Bertz CT molecular complexity index is 753. The molecule has 3 aromatic carbocycles. The van der Waals surface area contributed by atoms with E-state index in [0.29, 0.717) is 18.0 Å². The molecule has 20 heavy (non-hydrogen) atoms. The Morgan fingerprint density at radius 1 is 0.750 bits per heavy atom. The molecule has 0 aliphatic rings. The summed E-state index contributed by atoms with van der Waals surface area (Å²) in [4.78, 5) is 0. The third-order valence-corrected chi connectivity index (χ3v) is 3.28. The first-order valence-electron chi connectivity index (χ1n) is 6.48. The molecule has 0 aliphatic heterocycles. The van der Waals surface area contributed by atoms with Gasteiger partial charge in [-0.25, -0.2) is 0 Å². The quantitative estimate of drug-likeness (QED) is 0.711. The first-order chi connectivity index (χ1) is 9.72. The van der Waals surface area contributed by atoms with Crippen LogP contribution >= 0.6 is 0 Å². The minimum atomic E-state index is 0.508. The van der Waals surface area contributed by atoms with Crippen molar-refractivity contribution >= 4 is 22.1 Å². The number of anilines is 2. The normalized spacial score (nSPS) is 10.6. The molecule has 0 fully saturated rings. The van der Waals surface area contributed by atoms with Gasteiger partial charge in [-0.3, -0.25) is 0 Å². The highest BCUT2D eigenvalue weighted by atomic mass is 16.5. The van der Waals surface area contributed by atoms with E-state index in [1.54, 1.807) is 12.1 Å². The van der Waals surface area contributed by atoms with Crippen LogP contribution in [0.15, 0.2) is 60.7 Å². The number of ether oxygens (including phenoxy) is 1. The Kier molecular flexibility index (Phi) is 3.17. The van der Waals surface area contributed by atoms with Crippen LogP contribution in [0.4, 0.5) is 11.4 Å². The predicted molar refractivity (Wildman–Crippen MR) is 83.5 cm³/mol. The van der Waals surface area contributed by atoms with Crippen molar-refractivity contribution in [2.45, 2.75) is 6.61 Å². The highest BCUT2D eigenvalue weighted by Crippen LogP contribution is 2.23. The molecule has 3 rings (SSSR count). The number of rotatable bonds is 3. The van der Waals surface area contributed by atoms with Gasteiger partial charge in [0.15, 0.2) is 0 Å². The van der Waals surface area contributed by atoms with Gasteiger partial charge in [0.05, 0.1) is 11.4 Å². The predicted octanol–water partition coefficient (Wildman–Crippen LogP) is 3.58. The zero-order valence-corrected chi connectivity index (χ0v) is 11.0. The smallest absolute Gasteiger partial charge is 0.122 e. The van der Waals surface area contributed by atoms with E-state index >= 15 is 0 Å². The van der Waals surface area contributed by atoms with E-state index < -0.39 is 0 Å². The first-order valence-corrected chi connectivity index (χ1v) is 6.48. The van der Waals surface area contributed by atoms with Crippen molar-refractivity contribution in [2.24, 2.45) is 0 Å². The number of nitrogen functional groups attached to an aromatic ring is 2. The van der Waals surface area contributed by atoms with Gasteiger partial charge in [0.2, 0.25) is 0 Å². The van der Waals surface area contributed by atoms with Crippen molar-refractivity contribution < 1.29 is 4.74 Å². The number of hydrogen-bond donors (Lipinski definition) is 2. The van der Waals surface area contributed by atoms with Crippen LogP contribution in [0.1, 0.15) is 5.56 Å². The summed E-state index contributed by atoms with van der Waals surface area (Å²) in [5.74, 6) is 0.727. The third kappa shape index (κ3) is 2.52. The molecule has 100 valence electrons. The molecule has 0 atom stereocenters. The summed E-state index contributed by atoms with van der Waals surface area (Å²) in [6.45, 7) is 0.508. The van der Waals surface area contributed by atoms with Crippen molar-refractivity contribution in [3.8, 4) is 5.75 Å². The van der Waals surface area contributed by atoms with Gasteiger partial charge < -0.3 is 16.2 Å². The Hall–Kier alpha value is -2.68. The molecule has 0 unspecified atom stereocenters. The molecule has 3 nitrogen and oxygen atoms in total. The fourth-order valence-electron chi connectivity index (χ4n) is 2.14. The molecule has 0 heterocycles. The average Bonchev–Trinajstić information content (AvgIpc) is 2.48. The maximum Gasteiger partial charge on any atom is 0.122 e. The summed E-state index contributed by atoms with van der Waals surface area (Å²) in [7, 11) is 0. The van der Waals surface area contributed by atoms with E-state index in [4.69, 9.17) is 16.2 Å². The molecule has 0 aliphatic carbocycles. The number of fused-ring (bicyclic) bond motifs is 1. The molecule has 0 spiro atoms. The zero-order chi connectivity index (χ0) is 13.9. The second-order valence-corrected chi connectivity index (χ2v) is 4.76. The van der Waals surface area contributed by atoms with Crippen molar-refractivity contribution in [3.05, 3.63) is 66.2 Å². The fraction of sp³-hybridized carbons (Fsp3) is 0.0588. The van der Waals surface area contributed by atoms with Gasteiger partial charge in [0.25, 0.3) is 0 Å². The van der Waals surface area contributed by atoms with Gasteiger partial charge >= 0.3 is 0 Å². The highest BCUT2D eigenvalue weighted by Gasteiger charge is 2.00. The Labute approximate surface area is 117 Å². The van der Waals surface area contributed by atoms with E-state index in [2.05, 4.69) is 30.3 Å². The molecular formula is C17H16N2O.